The number of fused-ring (bicyclic) bond motifs is 1. The van der Waals surface area contributed by atoms with Gasteiger partial charge in [0.1, 0.15) is 0 Å². The van der Waals surface area contributed by atoms with E-state index in [1.54, 1.807) is 24.1 Å². The molecule has 1 aromatic carbocycles. The van der Waals surface area contributed by atoms with E-state index in [4.69, 9.17) is 0 Å². The van der Waals surface area contributed by atoms with Crippen molar-refractivity contribution in [3.63, 3.8) is 0 Å². The fourth-order valence-electron chi connectivity index (χ4n) is 1.56. The normalized spacial score (nSPS) is 13.8. The van der Waals surface area contributed by atoms with E-state index in [9.17, 15) is 9.59 Å². The van der Waals surface area contributed by atoms with Crippen LogP contribution >= 0.6 is 0 Å². The first-order chi connectivity index (χ1) is 6.72. The molecule has 0 bridgehead atoms. The molecule has 0 saturated heterocycles. The maximum Gasteiger partial charge on any atom is 0.254 e. The van der Waals surface area contributed by atoms with E-state index in [0.29, 0.717) is 17.8 Å². The molecule has 4 nitrogen and oxygen atoms in total. The molecule has 0 aromatic heterocycles. The van der Waals surface area contributed by atoms with Gasteiger partial charge in [-0.15, -0.1) is 0 Å². The van der Waals surface area contributed by atoms with Crippen LogP contribution in [-0.4, -0.2) is 23.9 Å². The molecule has 0 unspecified atom stereocenters. The monoisotopic (exact) mass is 188 g/mol. The number of hydrogen-bond donors (Lipinski definition) is 0. The van der Waals surface area contributed by atoms with Crippen molar-refractivity contribution in [2.45, 2.75) is 6.54 Å². The summed E-state index contributed by atoms with van der Waals surface area (Å²) in [4.78, 5) is 26.7. The summed E-state index contributed by atoms with van der Waals surface area (Å²) in [6.45, 7) is 0.624. The zero-order chi connectivity index (χ0) is 10.1. The average Bonchev–Trinajstić information content (AvgIpc) is 2.45. The highest BCUT2D eigenvalue weighted by Crippen LogP contribution is 2.25. The van der Waals surface area contributed by atoms with E-state index >= 15 is 0 Å². The van der Waals surface area contributed by atoms with E-state index in [0.717, 1.165) is 5.56 Å². The van der Waals surface area contributed by atoms with E-state index in [1.165, 1.54) is 6.08 Å². The fraction of sp³-hybridized carbons (Fsp3) is 0.200. The second kappa shape index (κ2) is 3.09. The highest BCUT2D eigenvalue weighted by atomic mass is 16.2. The van der Waals surface area contributed by atoms with E-state index in [1.807, 2.05) is 6.07 Å². The van der Waals surface area contributed by atoms with Gasteiger partial charge in [0.2, 0.25) is 6.08 Å². The summed E-state index contributed by atoms with van der Waals surface area (Å²) in [5.41, 5.74) is 2.08. The molecule has 1 aromatic rings. The lowest BCUT2D eigenvalue weighted by Gasteiger charge is -2.04. The SMILES string of the molecule is CN1Cc2ccc(N=C=O)cc2C1=O. The Bertz CT molecular complexity index is 447. The zero-order valence-corrected chi connectivity index (χ0v) is 7.65. The predicted molar refractivity (Wildman–Crippen MR) is 50.0 cm³/mol. The lowest BCUT2D eigenvalue weighted by Crippen LogP contribution is -2.17. The van der Waals surface area contributed by atoms with Gasteiger partial charge in [0.25, 0.3) is 5.91 Å². The molecule has 0 spiro atoms. The van der Waals surface area contributed by atoms with Crippen LogP contribution in [0.3, 0.4) is 0 Å². The van der Waals surface area contributed by atoms with Crippen LogP contribution in [0, 0.1) is 0 Å². The molecular formula is C10H8N2O2. The standard InChI is InChI=1S/C10H8N2O2/c1-12-5-7-2-3-8(11-6-13)4-9(7)10(12)14/h2-4H,5H2,1H3. The molecule has 0 atom stereocenters. The van der Waals surface area contributed by atoms with Gasteiger partial charge in [-0.25, -0.2) is 4.79 Å². The van der Waals surface area contributed by atoms with Gasteiger partial charge in [-0.3, -0.25) is 4.79 Å². The van der Waals surface area contributed by atoms with Crippen molar-refractivity contribution >= 4 is 17.7 Å². The molecule has 1 aliphatic rings. The van der Waals surface area contributed by atoms with Crippen LogP contribution in [0.2, 0.25) is 0 Å². The number of hydrogen-bond acceptors (Lipinski definition) is 3. The topological polar surface area (TPSA) is 49.7 Å². The van der Waals surface area contributed by atoms with Gasteiger partial charge in [0.15, 0.2) is 0 Å². The maximum atomic E-state index is 11.5. The smallest absolute Gasteiger partial charge is 0.254 e. The van der Waals surface area contributed by atoms with Crippen molar-refractivity contribution in [3.05, 3.63) is 29.3 Å². The zero-order valence-electron chi connectivity index (χ0n) is 7.65. The van der Waals surface area contributed by atoms with Gasteiger partial charge in [-0.05, 0) is 17.7 Å². The number of carbonyl (C=O) groups is 1. The Kier molecular flexibility index (Phi) is 1.91. The summed E-state index contributed by atoms with van der Waals surface area (Å²) >= 11 is 0. The molecule has 14 heavy (non-hydrogen) atoms. The number of amides is 1. The molecule has 1 heterocycles. The number of carbonyl (C=O) groups excluding carboxylic acids is 2. The highest BCUT2D eigenvalue weighted by molar-refractivity contribution is 5.98. The molecule has 0 radical (unpaired) electrons. The Morgan fingerprint density at radius 2 is 2.29 bits per heavy atom. The summed E-state index contributed by atoms with van der Waals surface area (Å²) in [5.74, 6) is -0.0250. The summed E-state index contributed by atoms with van der Waals surface area (Å²) in [6, 6.07) is 5.13. The van der Waals surface area contributed by atoms with Crippen LogP contribution in [0.5, 0.6) is 0 Å². The summed E-state index contributed by atoms with van der Waals surface area (Å²) < 4.78 is 0. The number of rotatable bonds is 1. The number of aliphatic imine (C=N–C) groups is 1. The van der Waals surface area contributed by atoms with Gasteiger partial charge in [0, 0.05) is 19.2 Å². The first-order valence-corrected chi connectivity index (χ1v) is 4.18. The second-order valence-electron chi connectivity index (χ2n) is 3.21. The van der Waals surface area contributed by atoms with Crippen LogP contribution < -0.4 is 0 Å². The third kappa shape index (κ3) is 1.22. The summed E-state index contributed by atoms with van der Waals surface area (Å²) in [6.07, 6.45) is 1.45. The third-order valence-corrected chi connectivity index (χ3v) is 2.25. The number of nitrogens with zero attached hydrogens (tertiary/aromatic N) is 2. The van der Waals surface area contributed by atoms with Crippen LogP contribution in [-0.2, 0) is 11.3 Å². The van der Waals surface area contributed by atoms with Crippen molar-refractivity contribution in [3.8, 4) is 0 Å². The van der Waals surface area contributed by atoms with Crippen molar-refractivity contribution in [2.24, 2.45) is 4.99 Å². The lowest BCUT2D eigenvalue weighted by molar-refractivity contribution is 0.0816. The Balaban J connectivity index is 2.51. The Hall–Kier alpha value is -1.93. The predicted octanol–water partition coefficient (Wildman–Crippen LogP) is 1.24. The highest BCUT2D eigenvalue weighted by Gasteiger charge is 2.24. The van der Waals surface area contributed by atoms with Crippen LogP contribution in [0.25, 0.3) is 0 Å². The van der Waals surface area contributed by atoms with Crippen molar-refractivity contribution in [2.75, 3.05) is 7.05 Å². The van der Waals surface area contributed by atoms with Gasteiger partial charge in [-0.2, -0.15) is 4.99 Å². The molecule has 0 N–H and O–H groups in total. The molecule has 0 saturated carbocycles. The van der Waals surface area contributed by atoms with Crippen molar-refractivity contribution in [1.82, 2.24) is 4.90 Å². The third-order valence-electron chi connectivity index (χ3n) is 2.25. The largest absolute Gasteiger partial charge is 0.337 e. The molecule has 0 fully saturated rings. The Morgan fingerprint density at radius 3 is 3.00 bits per heavy atom. The van der Waals surface area contributed by atoms with E-state index < -0.39 is 0 Å². The van der Waals surface area contributed by atoms with Crippen LogP contribution in [0.15, 0.2) is 23.2 Å². The molecule has 2 rings (SSSR count). The van der Waals surface area contributed by atoms with Crippen molar-refractivity contribution < 1.29 is 9.59 Å². The van der Waals surface area contributed by atoms with Gasteiger partial charge < -0.3 is 4.90 Å². The summed E-state index contributed by atoms with van der Waals surface area (Å²) in [5, 5.41) is 0. The minimum absolute atomic E-state index is 0.0250. The number of isocyanates is 1. The lowest BCUT2D eigenvalue weighted by atomic mass is 10.1. The fourth-order valence-corrected chi connectivity index (χ4v) is 1.56. The maximum absolute atomic E-state index is 11.5. The summed E-state index contributed by atoms with van der Waals surface area (Å²) in [7, 11) is 1.74. The van der Waals surface area contributed by atoms with Crippen LogP contribution in [0.4, 0.5) is 5.69 Å². The average molecular weight is 188 g/mol. The molecule has 70 valence electrons. The van der Waals surface area contributed by atoms with Crippen LogP contribution in [0.1, 0.15) is 15.9 Å². The first kappa shape index (κ1) is 8.66. The van der Waals surface area contributed by atoms with E-state index in [-0.39, 0.29) is 5.91 Å². The van der Waals surface area contributed by atoms with Gasteiger partial charge >= 0.3 is 0 Å². The molecule has 1 amide bonds. The van der Waals surface area contributed by atoms with Crippen molar-refractivity contribution in [1.29, 1.82) is 0 Å². The number of benzene rings is 1. The molecular weight excluding hydrogens is 180 g/mol. The molecule has 4 heteroatoms. The minimum atomic E-state index is -0.0250. The van der Waals surface area contributed by atoms with E-state index in [2.05, 4.69) is 4.99 Å². The van der Waals surface area contributed by atoms with Gasteiger partial charge in [-0.1, -0.05) is 6.07 Å². The quantitative estimate of drug-likeness (QED) is 0.491. The molecule has 1 aliphatic heterocycles. The molecule has 0 aliphatic carbocycles. The van der Waals surface area contributed by atoms with Gasteiger partial charge in [0.05, 0.1) is 5.69 Å². The Morgan fingerprint density at radius 1 is 1.50 bits per heavy atom. The first-order valence-electron chi connectivity index (χ1n) is 4.18. The Labute approximate surface area is 80.9 Å². The minimum Gasteiger partial charge on any atom is -0.337 e. The second-order valence-corrected chi connectivity index (χ2v) is 3.21.